The number of nitrogens with zero attached hydrogens (tertiary/aromatic N) is 2. The summed E-state index contributed by atoms with van der Waals surface area (Å²) in [6, 6.07) is 9.87. The Kier molecular flexibility index (Phi) is 4.55. The Labute approximate surface area is 114 Å². The van der Waals surface area contributed by atoms with Gasteiger partial charge in [0.05, 0.1) is 6.54 Å². The van der Waals surface area contributed by atoms with Crippen molar-refractivity contribution in [1.29, 1.82) is 0 Å². The summed E-state index contributed by atoms with van der Waals surface area (Å²) in [5.41, 5.74) is 1.10. The van der Waals surface area contributed by atoms with Gasteiger partial charge in [-0.25, -0.2) is 0 Å². The Morgan fingerprint density at radius 1 is 1.26 bits per heavy atom. The van der Waals surface area contributed by atoms with Gasteiger partial charge in [0.1, 0.15) is 0 Å². The van der Waals surface area contributed by atoms with E-state index in [0.29, 0.717) is 19.5 Å². The van der Waals surface area contributed by atoms with Crippen LogP contribution < -0.4 is 0 Å². The molecule has 4 nitrogen and oxygen atoms in total. The molecule has 0 saturated carbocycles. The van der Waals surface area contributed by atoms with Crippen LogP contribution >= 0.6 is 0 Å². The maximum atomic E-state index is 12.1. The number of hydrogen-bond donors (Lipinski definition) is 0. The van der Waals surface area contributed by atoms with Crippen molar-refractivity contribution in [3.8, 4) is 0 Å². The zero-order chi connectivity index (χ0) is 13.7. The summed E-state index contributed by atoms with van der Waals surface area (Å²) in [6.07, 6.45) is 2.53. The number of amides is 2. The number of carbonyl (C=O) groups excluding carboxylic acids is 2. The minimum absolute atomic E-state index is 0.000830. The van der Waals surface area contributed by atoms with Gasteiger partial charge in [0, 0.05) is 26.6 Å². The van der Waals surface area contributed by atoms with E-state index in [1.807, 2.05) is 30.3 Å². The molecule has 1 saturated heterocycles. The van der Waals surface area contributed by atoms with Crippen molar-refractivity contribution in [2.24, 2.45) is 0 Å². The minimum atomic E-state index is -0.000830. The molecule has 1 aromatic carbocycles. The smallest absolute Gasteiger partial charge is 0.242 e. The Balaban J connectivity index is 1.87. The first-order valence-electron chi connectivity index (χ1n) is 6.72. The second kappa shape index (κ2) is 6.36. The third kappa shape index (κ3) is 3.81. The fraction of sp³-hybridized carbons (Fsp3) is 0.467. The lowest BCUT2D eigenvalue weighted by atomic mass is 10.1. The average molecular weight is 260 g/mol. The van der Waals surface area contributed by atoms with Gasteiger partial charge in [0.2, 0.25) is 11.8 Å². The molecule has 102 valence electrons. The lowest BCUT2D eigenvalue weighted by molar-refractivity contribution is -0.141. The number of hydrogen-bond acceptors (Lipinski definition) is 2. The van der Waals surface area contributed by atoms with Crippen LogP contribution in [0, 0.1) is 0 Å². The van der Waals surface area contributed by atoms with E-state index in [-0.39, 0.29) is 18.4 Å². The normalized spacial score (nSPS) is 15.4. The lowest BCUT2D eigenvalue weighted by Gasteiger charge is -2.28. The number of rotatable bonds is 4. The van der Waals surface area contributed by atoms with Gasteiger partial charge in [0.15, 0.2) is 0 Å². The summed E-state index contributed by atoms with van der Waals surface area (Å²) in [5, 5.41) is 0. The molecule has 0 aromatic heterocycles. The number of benzene rings is 1. The summed E-state index contributed by atoms with van der Waals surface area (Å²) in [5.74, 6) is 0.104. The van der Waals surface area contributed by atoms with Gasteiger partial charge < -0.3 is 9.80 Å². The zero-order valence-electron chi connectivity index (χ0n) is 11.3. The fourth-order valence-electron chi connectivity index (χ4n) is 2.26. The number of piperidine rings is 1. The fourth-order valence-corrected chi connectivity index (χ4v) is 2.26. The Morgan fingerprint density at radius 2 is 2.00 bits per heavy atom. The highest BCUT2D eigenvalue weighted by atomic mass is 16.2. The Hall–Kier alpha value is -1.84. The van der Waals surface area contributed by atoms with E-state index in [0.717, 1.165) is 18.4 Å². The molecule has 1 fully saturated rings. The number of carbonyl (C=O) groups is 2. The van der Waals surface area contributed by atoms with Crippen LogP contribution in [0.2, 0.25) is 0 Å². The largest absolute Gasteiger partial charge is 0.340 e. The lowest BCUT2D eigenvalue weighted by Crippen LogP contribution is -2.43. The van der Waals surface area contributed by atoms with Crippen LogP contribution in [0.25, 0.3) is 0 Å². The van der Waals surface area contributed by atoms with Gasteiger partial charge in [-0.2, -0.15) is 0 Å². The van der Waals surface area contributed by atoms with E-state index in [4.69, 9.17) is 0 Å². The summed E-state index contributed by atoms with van der Waals surface area (Å²) < 4.78 is 0. The molecule has 0 N–H and O–H groups in total. The zero-order valence-corrected chi connectivity index (χ0v) is 11.3. The molecule has 1 aromatic rings. The molecule has 1 aliphatic rings. The van der Waals surface area contributed by atoms with Crippen molar-refractivity contribution in [1.82, 2.24) is 9.80 Å². The second-order valence-electron chi connectivity index (χ2n) is 5.01. The molecular weight excluding hydrogens is 240 g/mol. The van der Waals surface area contributed by atoms with E-state index >= 15 is 0 Å². The molecule has 0 atom stereocenters. The minimum Gasteiger partial charge on any atom is -0.340 e. The van der Waals surface area contributed by atoms with Gasteiger partial charge in [0.25, 0.3) is 0 Å². The predicted molar refractivity (Wildman–Crippen MR) is 73.3 cm³/mol. The average Bonchev–Trinajstić information content (AvgIpc) is 2.42. The van der Waals surface area contributed by atoms with E-state index in [1.165, 1.54) is 0 Å². The quantitative estimate of drug-likeness (QED) is 0.826. The topological polar surface area (TPSA) is 40.6 Å². The van der Waals surface area contributed by atoms with Crippen molar-refractivity contribution >= 4 is 11.8 Å². The molecule has 0 unspecified atom stereocenters. The molecule has 1 aliphatic heterocycles. The summed E-state index contributed by atoms with van der Waals surface area (Å²) in [6.45, 7) is 1.51. The molecule has 0 radical (unpaired) electrons. The van der Waals surface area contributed by atoms with Crippen LogP contribution in [0.4, 0.5) is 0 Å². The van der Waals surface area contributed by atoms with Crippen molar-refractivity contribution in [3.63, 3.8) is 0 Å². The first-order valence-corrected chi connectivity index (χ1v) is 6.72. The van der Waals surface area contributed by atoms with Crippen LogP contribution in [-0.4, -0.2) is 41.8 Å². The van der Waals surface area contributed by atoms with Crippen LogP contribution in [-0.2, 0) is 16.1 Å². The molecule has 0 bridgehead atoms. The molecule has 4 heteroatoms. The van der Waals surface area contributed by atoms with E-state index < -0.39 is 0 Å². The highest BCUT2D eigenvalue weighted by Crippen LogP contribution is 2.11. The van der Waals surface area contributed by atoms with Crippen molar-refractivity contribution < 1.29 is 9.59 Å². The molecule has 2 rings (SSSR count). The summed E-state index contributed by atoms with van der Waals surface area (Å²) in [7, 11) is 1.78. The van der Waals surface area contributed by atoms with Crippen LogP contribution in [0.3, 0.4) is 0 Å². The van der Waals surface area contributed by atoms with Gasteiger partial charge in [-0.05, 0) is 18.4 Å². The van der Waals surface area contributed by atoms with Crippen molar-refractivity contribution in [3.05, 3.63) is 35.9 Å². The third-order valence-electron chi connectivity index (χ3n) is 3.44. The molecule has 0 spiro atoms. The Morgan fingerprint density at radius 3 is 2.68 bits per heavy atom. The molecule has 2 amide bonds. The number of likely N-dealkylation sites (N-methyl/N-ethyl adjacent to an activating group) is 1. The van der Waals surface area contributed by atoms with Gasteiger partial charge in [-0.3, -0.25) is 9.59 Å². The molecule has 19 heavy (non-hydrogen) atoms. The van der Waals surface area contributed by atoms with E-state index in [1.54, 1.807) is 16.8 Å². The van der Waals surface area contributed by atoms with Gasteiger partial charge >= 0.3 is 0 Å². The molecular formula is C15H20N2O2. The van der Waals surface area contributed by atoms with E-state index in [2.05, 4.69) is 0 Å². The highest BCUT2D eigenvalue weighted by Gasteiger charge is 2.21. The van der Waals surface area contributed by atoms with Crippen LogP contribution in [0.1, 0.15) is 24.8 Å². The second-order valence-corrected chi connectivity index (χ2v) is 5.01. The SMILES string of the molecule is CN(Cc1ccccc1)C(=O)CN1CCCCC1=O. The third-order valence-corrected chi connectivity index (χ3v) is 3.44. The van der Waals surface area contributed by atoms with Crippen molar-refractivity contribution in [2.75, 3.05) is 20.1 Å². The predicted octanol–water partition coefficient (Wildman–Crippen LogP) is 1.66. The molecule has 0 aliphatic carbocycles. The summed E-state index contributed by atoms with van der Waals surface area (Å²) >= 11 is 0. The van der Waals surface area contributed by atoms with Crippen LogP contribution in [0.5, 0.6) is 0 Å². The van der Waals surface area contributed by atoms with Crippen LogP contribution in [0.15, 0.2) is 30.3 Å². The first-order chi connectivity index (χ1) is 9.16. The molecule has 1 heterocycles. The van der Waals surface area contributed by atoms with E-state index in [9.17, 15) is 9.59 Å². The van der Waals surface area contributed by atoms with Crippen molar-refractivity contribution in [2.45, 2.75) is 25.8 Å². The van der Waals surface area contributed by atoms with Gasteiger partial charge in [-0.15, -0.1) is 0 Å². The monoisotopic (exact) mass is 260 g/mol. The standard InChI is InChI=1S/C15H20N2O2/c1-16(11-13-7-3-2-4-8-13)15(19)12-17-10-6-5-9-14(17)18/h2-4,7-8H,5-6,9-12H2,1H3. The summed E-state index contributed by atoms with van der Waals surface area (Å²) in [4.78, 5) is 27.1. The maximum absolute atomic E-state index is 12.1. The van der Waals surface area contributed by atoms with Gasteiger partial charge in [-0.1, -0.05) is 30.3 Å². The number of likely N-dealkylation sites (tertiary alicyclic amines) is 1. The maximum Gasteiger partial charge on any atom is 0.242 e. The highest BCUT2D eigenvalue weighted by molar-refractivity contribution is 5.85. The Bertz CT molecular complexity index is 445. The first kappa shape index (κ1) is 13.6.